The summed E-state index contributed by atoms with van der Waals surface area (Å²) in [7, 11) is 0. The summed E-state index contributed by atoms with van der Waals surface area (Å²) in [5.74, 6) is -1.21. The summed E-state index contributed by atoms with van der Waals surface area (Å²) in [4.78, 5) is 22.8. The van der Waals surface area contributed by atoms with Crippen LogP contribution in [-0.4, -0.2) is 18.5 Å². The fourth-order valence-corrected chi connectivity index (χ4v) is 3.05. The van der Waals surface area contributed by atoms with Crippen molar-refractivity contribution in [1.29, 1.82) is 0 Å². The van der Waals surface area contributed by atoms with Crippen LogP contribution in [0.5, 0.6) is 0 Å². The van der Waals surface area contributed by atoms with Gasteiger partial charge in [-0.15, -0.1) is 0 Å². The summed E-state index contributed by atoms with van der Waals surface area (Å²) in [5.41, 5.74) is -1.26. The molecular formula is C11H15O4-. The first-order valence-electron chi connectivity index (χ1n) is 5.43. The van der Waals surface area contributed by atoms with E-state index in [1.807, 2.05) is 0 Å². The molecule has 0 aromatic carbocycles. The molecule has 0 amide bonds. The minimum atomic E-state index is -0.994. The smallest absolute Gasteiger partial charge is 0.312 e. The minimum absolute atomic E-state index is 0.217. The fraction of sp³-hybridized carbons (Fsp3) is 0.818. The Morgan fingerprint density at radius 3 is 2.13 bits per heavy atom. The van der Waals surface area contributed by atoms with Crippen LogP contribution >= 0.6 is 0 Å². The molecule has 2 aliphatic rings. The summed E-state index contributed by atoms with van der Waals surface area (Å²) in [6.07, 6.45) is 2.82. The summed E-state index contributed by atoms with van der Waals surface area (Å²) < 4.78 is 5.02. The highest BCUT2D eigenvalue weighted by molar-refractivity contribution is 5.82. The Balaban J connectivity index is 2.16. The molecule has 0 aromatic heterocycles. The van der Waals surface area contributed by atoms with Crippen molar-refractivity contribution in [2.45, 2.75) is 39.0 Å². The van der Waals surface area contributed by atoms with Gasteiger partial charge in [0, 0.05) is 11.4 Å². The number of ether oxygens (including phenoxy) is 1. The normalized spacial score (nSPS) is 37.9. The van der Waals surface area contributed by atoms with E-state index >= 15 is 0 Å². The molecule has 2 fully saturated rings. The Hall–Kier alpha value is -1.06. The molecule has 0 spiro atoms. The Morgan fingerprint density at radius 2 is 1.73 bits per heavy atom. The van der Waals surface area contributed by atoms with E-state index in [1.165, 1.54) is 0 Å². The standard InChI is InChI=1S/C11H16O4/c1-2-15-9(14)11-5-3-10(7-11,4-6-11)8(12)13/h2-7H2,1H3,(H,12,13)/p-1. The fourth-order valence-electron chi connectivity index (χ4n) is 3.05. The highest BCUT2D eigenvalue weighted by Gasteiger charge is 2.59. The van der Waals surface area contributed by atoms with Crippen LogP contribution in [0.2, 0.25) is 0 Å². The van der Waals surface area contributed by atoms with Crippen LogP contribution in [0.15, 0.2) is 0 Å². The van der Waals surface area contributed by atoms with Gasteiger partial charge in [0.15, 0.2) is 0 Å². The molecule has 0 saturated heterocycles. The van der Waals surface area contributed by atoms with E-state index in [2.05, 4.69) is 0 Å². The molecule has 0 aliphatic heterocycles. The second-order valence-electron chi connectivity index (χ2n) is 4.75. The number of esters is 1. The van der Waals surface area contributed by atoms with Crippen molar-refractivity contribution >= 4 is 11.9 Å². The lowest BCUT2D eigenvalue weighted by atomic mass is 9.82. The largest absolute Gasteiger partial charge is 0.550 e. The Labute approximate surface area is 88.6 Å². The predicted octanol–water partition coefficient (Wildman–Crippen LogP) is 0.250. The third-order valence-corrected chi connectivity index (χ3v) is 3.98. The van der Waals surface area contributed by atoms with Gasteiger partial charge in [0.25, 0.3) is 0 Å². The van der Waals surface area contributed by atoms with Crippen molar-refractivity contribution in [2.24, 2.45) is 10.8 Å². The number of rotatable bonds is 3. The number of carboxylic acid groups (broad SMARTS) is 1. The van der Waals surface area contributed by atoms with E-state index in [9.17, 15) is 14.7 Å². The maximum atomic E-state index is 11.8. The van der Waals surface area contributed by atoms with Crippen LogP contribution in [0.3, 0.4) is 0 Å². The molecule has 0 N–H and O–H groups in total. The number of hydrogen-bond donors (Lipinski definition) is 0. The van der Waals surface area contributed by atoms with Gasteiger partial charge in [0.05, 0.1) is 12.0 Å². The van der Waals surface area contributed by atoms with Crippen LogP contribution in [0, 0.1) is 10.8 Å². The average molecular weight is 211 g/mol. The topological polar surface area (TPSA) is 66.4 Å². The van der Waals surface area contributed by atoms with Gasteiger partial charge in [-0.05, 0) is 39.0 Å². The molecule has 2 rings (SSSR count). The summed E-state index contributed by atoms with van der Waals surface area (Å²) in [6, 6.07) is 0. The van der Waals surface area contributed by atoms with Crippen molar-refractivity contribution in [1.82, 2.24) is 0 Å². The van der Waals surface area contributed by atoms with Crippen LogP contribution in [0.25, 0.3) is 0 Å². The minimum Gasteiger partial charge on any atom is -0.550 e. The second kappa shape index (κ2) is 3.22. The van der Waals surface area contributed by atoms with Crippen molar-refractivity contribution in [3.8, 4) is 0 Å². The quantitative estimate of drug-likeness (QED) is 0.627. The van der Waals surface area contributed by atoms with Crippen molar-refractivity contribution in [2.75, 3.05) is 6.61 Å². The van der Waals surface area contributed by atoms with E-state index in [-0.39, 0.29) is 5.97 Å². The molecule has 2 saturated carbocycles. The van der Waals surface area contributed by atoms with Gasteiger partial charge in [-0.25, -0.2) is 0 Å². The lowest BCUT2D eigenvalue weighted by molar-refractivity contribution is -0.318. The molecule has 4 heteroatoms. The lowest BCUT2D eigenvalue weighted by Crippen LogP contribution is -2.39. The van der Waals surface area contributed by atoms with Gasteiger partial charge in [-0.3, -0.25) is 4.79 Å². The molecular weight excluding hydrogens is 196 g/mol. The Morgan fingerprint density at radius 1 is 1.20 bits per heavy atom. The first-order valence-corrected chi connectivity index (χ1v) is 5.43. The molecule has 0 heterocycles. The summed E-state index contributed by atoms with van der Waals surface area (Å²) in [5, 5.41) is 11.0. The van der Waals surface area contributed by atoms with Crippen LogP contribution < -0.4 is 5.11 Å². The molecule has 15 heavy (non-hydrogen) atoms. The van der Waals surface area contributed by atoms with Gasteiger partial charge in [-0.1, -0.05) is 0 Å². The van der Waals surface area contributed by atoms with Crippen LogP contribution in [0.1, 0.15) is 39.0 Å². The predicted molar refractivity (Wildman–Crippen MR) is 49.6 cm³/mol. The van der Waals surface area contributed by atoms with Crippen molar-refractivity contribution < 1.29 is 19.4 Å². The van der Waals surface area contributed by atoms with Crippen LogP contribution in [0.4, 0.5) is 0 Å². The van der Waals surface area contributed by atoms with Gasteiger partial charge in [0.1, 0.15) is 0 Å². The summed E-state index contributed by atoms with van der Waals surface area (Å²) >= 11 is 0. The second-order valence-corrected chi connectivity index (χ2v) is 4.75. The van der Waals surface area contributed by atoms with Gasteiger partial charge in [0.2, 0.25) is 0 Å². The molecule has 0 unspecified atom stereocenters. The number of carbonyl (C=O) groups excluding carboxylic acids is 2. The highest BCUT2D eigenvalue weighted by atomic mass is 16.5. The maximum absolute atomic E-state index is 11.8. The van der Waals surface area contributed by atoms with Gasteiger partial charge >= 0.3 is 5.97 Å². The van der Waals surface area contributed by atoms with Crippen molar-refractivity contribution in [3.05, 3.63) is 0 Å². The van der Waals surface area contributed by atoms with Crippen molar-refractivity contribution in [3.63, 3.8) is 0 Å². The molecule has 0 aromatic rings. The first kappa shape index (κ1) is 10.5. The maximum Gasteiger partial charge on any atom is 0.312 e. The number of carbonyl (C=O) groups is 2. The monoisotopic (exact) mass is 211 g/mol. The molecule has 2 aliphatic carbocycles. The Bertz CT molecular complexity index is 300. The molecule has 2 bridgehead atoms. The van der Waals surface area contributed by atoms with Gasteiger partial charge in [-0.2, -0.15) is 0 Å². The zero-order valence-corrected chi connectivity index (χ0v) is 8.88. The van der Waals surface area contributed by atoms with E-state index in [1.54, 1.807) is 6.92 Å². The molecule has 0 radical (unpaired) electrons. The van der Waals surface area contributed by atoms with E-state index in [4.69, 9.17) is 4.74 Å². The van der Waals surface area contributed by atoms with E-state index in [0.29, 0.717) is 38.7 Å². The SMILES string of the molecule is CCOC(=O)C12CCC(C(=O)[O-])(CC1)C2. The number of fused-ring (bicyclic) bond motifs is 2. The van der Waals surface area contributed by atoms with E-state index < -0.39 is 16.8 Å². The van der Waals surface area contributed by atoms with Crippen LogP contribution in [-0.2, 0) is 14.3 Å². The zero-order valence-electron chi connectivity index (χ0n) is 8.88. The number of carboxylic acids is 1. The highest BCUT2D eigenvalue weighted by Crippen LogP contribution is 2.61. The first-order chi connectivity index (χ1) is 7.05. The molecule has 4 nitrogen and oxygen atoms in total. The third kappa shape index (κ3) is 1.34. The average Bonchev–Trinajstić information content (AvgIpc) is 2.76. The van der Waals surface area contributed by atoms with E-state index in [0.717, 1.165) is 0 Å². The number of hydrogen-bond acceptors (Lipinski definition) is 4. The molecule has 84 valence electrons. The number of aliphatic carboxylic acids is 1. The zero-order chi connectivity index (χ0) is 11.1. The summed E-state index contributed by atoms with van der Waals surface area (Å²) in [6.45, 7) is 2.13. The lowest BCUT2D eigenvalue weighted by Gasteiger charge is -2.27. The Kier molecular flexibility index (Phi) is 2.24. The molecule has 0 atom stereocenters. The third-order valence-electron chi connectivity index (χ3n) is 3.98. The van der Waals surface area contributed by atoms with Gasteiger partial charge < -0.3 is 14.6 Å².